The molecule has 9 heteroatoms. The molecule has 1 saturated heterocycles. The van der Waals surface area contributed by atoms with Crippen LogP contribution in [0.25, 0.3) is 0 Å². The van der Waals surface area contributed by atoms with Crippen molar-refractivity contribution in [2.75, 3.05) is 19.7 Å². The molecule has 2 aliphatic rings. The smallest absolute Gasteiger partial charge is 0.269 e. The van der Waals surface area contributed by atoms with Crippen LogP contribution in [-0.2, 0) is 14.8 Å². The highest BCUT2D eigenvalue weighted by Gasteiger charge is 2.44. The van der Waals surface area contributed by atoms with Crippen LogP contribution in [0.15, 0.2) is 29.2 Å². The first kappa shape index (κ1) is 17.3. The Hall–Kier alpha value is -1.55. The summed E-state index contributed by atoms with van der Waals surface area (Å²) in [5, 5.41) is 14.0. The number of nitrogens with zero attached hydrogens (tertiary/aromatic N) is 1. The Morgan fingerprint density at radius 3 is 2.67 bits per heavy atom. The van der Waals surface area contributed by atoms with Gasteiger partial charge in [0.1, 0.15) is 0 Å². The van der Waals surface area contributed by atoms with Crippen molar-refractivity contribution in [3.05, 3.63) is 34.4 Å². The predicted molar refractivity (Wildman–Crippen MR) is 87.2 cm³/mol. The lowest BCUT2D eigenvalue weighted by Crippen LogP contribution is -2.63. The summed E-state index contributed by atoms with van der Waals surface area (Å²) < 4.78 is 34.0. The van der Waals surface area contributed by atoms with E-state index in [1.165, 1.54) is 24.3 Å². The molecule has 1 heterocycles. The molecule has 0 bridgehead atoms. The summed E-state index contributed by atoms with van der Waals surface area (Å²) in [4.78, 5) is 10.2. The molecule has 1 aliphatic carbocycles. The van der Waals surface area contributed by atoms with E-state index < -0.39 is 20.5 Å². The Labute approximate surface area is 140 Å². The van der Waals surface area contributed by atoms with E-state index in [2.05, 4.69) is 10.0 Å². The number of hydrogen-bond acceptors (Lipinski definition) is 6. The van der Waals surface area contributed by atoms with E-state index in [1.807, 2.05) is 0 Å². The fourth-order valence-corrected chi connectivity index (χ4v) is 4.78. The van der Waals surface area contributed by atoms with Gasteiger partial charge in [0.15, 0.2) is 0 Å². The first-order chi connectivity index (χ1) is 11.4. The Kier molecular flexibility index (Phi) is 4.86. The topological polar surface area (TPSA) is 111 Å². The maximum absolute atomic E-state index is 12.7. The molecule has 1 aromatic carbocycles. The molecule has 0 radical (unpaired) electrons. The normalized spacial score (nSPS) is 27.9. The second-order valence-corrected chi connectivity index (χ2v) is 7.97. The fraction of sp³-hybridized carbons (Fsp3) is 0.600. The summed E-state index contributed by atoms with van der Waals surface area (Å²) in [5.74, 6) is 0. The fourth-order valence-electron chi connectivity index (χ4n) is 3.44. The lowest BCUT2D eigenvalue weighted by Gasteiger charge is -2.46. The molecule has 8 nitrogen and oxygen atoms in total. The van der Waals surface area contributed by atoms with Gasteiger partial charge in [0, 0.05) is 25.2 Å². The largest absolute Gasteiger partial charge is 0.371 e. The van der Waals surface area contributed by atoms with Crippen molar-refractivity contribution in [3.63, 3.8) is 0 Å². The second-order valence-electron chi connectivity index (χ2n) is 6.26. The molecule has 0 unspecified atom stereocenters. The molecule has 2 atom stereocenters. The van der Waals surface area contributed by atoms with Gasteiger partial charge in [0.2, 0.25) is 10.0 Å². The molecule has 132 valence electrons. The minimum atomic E-state index is -3.76. The highest BCUT2D eigenvalue weighted by Crippen LogP contribution is 2.33. The molecule has 24 heavy (non-hydrogen) atoms. The van der Waals surface area contributed by atoms with Crippen molar-refractivity contribution in [1.82, 2.24) is 10.0 Å². The molecule has 1 saturated carbocycles. The third-order valence-electron chi connectivity index (χ3n) is 4.73. The maximum atomic E-state index is 12.7. The van der Waals surface area contributed by atoms with Crippen LogP contribution in [-0.4, -0.2) is 44.7 Å². The van der Waals surface area contributed by atoms with Gasteiger partial charge >= 0.3 is 0 Å². The van der Waals surface area contributed by atoms with Gasteiger partial charge in [-0.2, -0.15) is 0 Å². The Morgan fingerprint density at radius 1 is 1.29 bits per heavy atom. The van der Waals surface area contributed by atoms with Crippen molar-refractivity contribution < 1.29 is 18.1 Å². The first-order valence-corrected chi connectivity index (χ1v) is 9.53. The van der Waals surface area contributed by atoms with E-state index in [4.69, 9.17) is 4.74 Å². The summed E-state index contributed by atoms with van der Waals surface area (Å²) in [5.41, 5.74) is -0.646. The number of nitro benzene ring substituents is 1. The number of non-ortho nitro benzene ring substituents is 1. The minimum Gasteiger partial charge on any atom is -0.371 e. The number of hydrogen-bond donors (Lipinski definition) is 2. The molecule has 0 amide bonds. The van der Waals surface area contributed by atoms with E-state index in [9.17, 15) is 18.5 Å². The van der Waals surface area contributed by atoms with Crippen molar-refractivity contribution in [2.24, 2.45) is 0 Å². The first-order valence-electron chi connectivity index (χ1n) is 8.04. The average molecular weight is 355 g/mol. The van der Waals surface area contributed by atoms with Gasteiger partial charge in [-0.15, -0.1) is 0 Å². The van der Waals surface area contributed by atoms with Crippen molar-refractivity contribution in [1.29, 1.82) is 0 Å². The Morgan fingerprint density at radius 2 is 2.04 bits per heavy atom. The van der Waals surface area contributed by atoms with Gasteiger partial charge < -0.3 is 10.1 Å². The van der Waals surface area contributed by atoms with Crippen molar-refractivity contribution in [3.8, 4) is 0 Å². The summed E-state index contributed by atoms with van der Waals surface area (Å²) >= 11 is 0. The van der Waals surface area contributed by atoms with Gasteiger partial charge in [-0.3, -0.25) is 10.1 Å². The molecule has 1 aromatic rings. The number of nitrogens with one attached hydrogen (secondary N) is 2. The highest BCUT2D eigenvalue weighted by molar-refractivity contribution is 7.89. The van der Waals surface area contributed by atoms with Gasteiger partial charge in [0.25, 0.3) is 5.69 Å². The van der Waals surface area contributed by atoms with Crippen LogP contribution in [0.5, 0.6) is 0 Å². The number of benzene rings is 1. The SMILES string of the molecule is O=[N+]([O-])c1ccc(S(=O)(=O)N[C@H]2CCCC[C@@]23CNCCO3)cc1. The number of ether oxygens (including phenoxy) is 1. The van der Waals surface area contributed by atoms with E-state index in [-0.39, 0.29) is 16.6 Å². The summed E-state index contributed by atoms with van der Waals surface area (Å²) in [6, 6.07) is 4.61. The van der Waals surface area contributed by atoms with E-state index in [1.54, 1.807) is 0 Å². The quantitative estimate of drug-likeness (QED) is 0.620. The zero-order valence-electron chi connectivity index (χ0n) is 13.2. The Balaban J connectivity index is 1.80. The zero-order chi connectivity index (χ0) is 17.2. The van der Waals surface area contributed by atoms with Gasteiger partial charge in [0.05, 0.1) is 28.1 Å². The predicted octanol–water partition coefficient (Wildman–Crippen LogP) is 1.17. The van der Waals surface area contributed by atoms with Gasteiger partial charge in [-0.05, 0) is 25.0 Å². The molecular formula is C15H21N3O5S. The van der Waals surface area contributed by atoms with E-state index in [0.29, 0.717) is 19.6 Å². The van der Waals surface area contributed by atoms with Crippen LogP contribution >= 0.6 is 0 Å². The number of rotatable bonds is 4. The summed E-state index contributed by atoms with van der Waals surface area (Å²) in [7, 11) is -3.76. The average Bonchev–Trinajstić information content (AvgIpc) is 2.58. The third kappa shape index (κ3) is 3.44. The lowest BCUT2D eigenvalue weighted by atomic mass is 9.80. The van der Waals surface area contributed by atoms with Gasteiger partial charge in [-0.25, -0.2) is 13.1 Å². The van der Waals surface area contributed by atoms with Crippen LogP contribution in [0.1, 0.15) is 25.7 Å². The monoisotopic (exact) mass is 355 g/mol. The maximum Gasteiger partial charge on any atom is 0.269 e. The molecular weight excluding hydrogens is 334 g/mol. The summed E-state index contributed by atoms with van der Waals surface area (Å²) in [6.45, 7) is 1.96. The van der Waals surface area contributed by atoms with Crippen LogP contribution in [0.2, 0.25) is 0 Å². The Bertz CT molecular complexity index is 690. The standard InChI is InChI=1S/C15H21N3O5S/c19-18(20)12-4-6-13(7-5-12)24(21,22)17-14-3-1-2-8-15(14)11-16-9-10-23-15/h4-7,14,16-17H,1-3,8-11H2/t14-,15+/m0/s1. The number of nitro groups is 1. The van der Waals surface area contributed by atoms with Gasteiger partial charge in [-0.1, -0.05) is 12.8 Å². The number of morpholine rings is 1. The molecule has 3 rings (SSSR count). The molecule has 1 aliphatic heterocycles. The lowest BCUT2D eigenvalue weighted by molar-refractivity contribution is -0.384. The van der Waals surface area contributed by atoms with Crippen LogP contribution < -0.4 is 10.0 Å². The molecule has 0 aromatic heterocycles. The second kappa shape index (κ2) is 6.75. The van der Waals surface area contributed by atoms with E-state index >= 15 is 0 Å². The molecule has 2 N–H and O–H groups in total. The number of sulfonamides is 1. The minimum absolute atomic E-state index is 0.0255. The third-order valence-corrected chi connectivity index (χ3v) is 6.21. The van der Waals surface area contributed by atoms with Crippen LogP contribution in [0.3, 0.4) is 0 Å². The highest BCUT2D eigenvalue weighted by atomic mass is 32.2. The van der Waals surface area contributed by atoms with Crippen LogP contribution in [0, 0.1) is 10.1 Å². The van der Waals surface area contributed by atoms with Crippen LogP contribution in [0.4, 0.5) is 5.69 Å². The molecule has 1 spiro atoms. The van der Waals surface area contributed by atoms with Crippen molar-refractivity contribution in [2.45, 2.75) is 42.2 Å². The van der Waals surface area contributed by atoms with E-state index in [0.717, 1.165) is 25.8 Å². The van der Waals surface area contributed by atoms with Crippen molar-refractivity contribution >= 4 is 15.7 Å². The molecule has 2 fully saturated rings. The summed E-state index contributed by atoms with van der Waals surface area (Å²) in [6.07, 6.45) is 3.48. The zero-order valence-corrected chi connectivity index (χ0v) is 14.0.